The fraction of sp³-hybridized carbons (Fsp3) is 0.500. The van der Waals surface area contributed by atoms with E-state index in [-0.39, 0.29) is 6.61 Å². The second-order valence-corrected chi connectivity index (χ2v) is 7.53. The first kappa shape index (κ1) is 16.7. The van der Waals surface area contributed by atoms with E-state index >= 15 is 0 Å². The first-order valence-electron chi connectivity index (χ1n) is 6.69. The van der Waals surface area contributed by atoms with E-state index in [1.807, 2.05) is 0 Å². The number of hydrogen-bond donors (Lipinski definition) is 0. The van der Waals surface area contributed by atoms with Crippen LogP contribution in [0.4, 0.5) is 9.18 Å². The molecule has 0 aromatic heterocycles. The lowest BCUT2D eigenvalue weighted by atomic mass is 10.0. The summed E-state index contributed by atoms with van der Waals surface area (Å²) in [6.45, 7) is 6.22. The Bertz CT molecular complexity index is 696. The van der Waals surface area contributed by atoms with Crippen molar-refractivity contribution in [3.63, 3.8) is 0 Å². The van der Waals surface area contributed by atoms with Gasteiger partial charge in [0.25, 0.3) is 0 Å². The van der Waals surface area contributed by atoms with E-state index < -0.39 is 33.9 Å². The second-order valence-electron chi connectivity index (χ2n) is 6.04. The molecule has 22 heavy (non-hydrogen) atoms. The van der Waals surface area contributed by atoms with Crippen LogP contribution in [-0.4, -0.2) is 31.0 Å². The van der Waals surface area contributed by atoms with E-state index in [4.69, 9.17) is 8.92 Å². The fourth-order valence-electron chi connectivity index (χ4n) is 2.06. The maximum Gasteiger partial charge on any atom is 0.426 e. The number of ether oxygens (including phenoxy) is 1. The lowest BCUT2D eigenvalue weighted by Crippen LogP contribution is -2.39. The minimum absolute atomic E-state index is 0.230. The molecule has 0 saturated carbocycles. The monoisotopic (exact) mass is 331 g/mol. The van der Waals surface area contributed by atoms with E-state index in [0.717, 1.165) is 0 Å². The molecule has 1 atom stereocenters. The van der Waals surface area contributed by atoms with Gasteiger partial charge in [-0.2, -0.15) is 12.7 Å². The summed E-state index contributed by atoms with van der Waals surface area (Å²) in [4.78, 5) is 12.2. The summed E-state index contributed by atoms with van der Waals surface area (Å²) in [7, 11) is -4.21. The van der Waals surface area contributed by atoms with Crippen molar-refractivity contribution in [3.8, 4) is 0 Å². The van der Waals surface area contributed by atoms with Gasteiger partial charge in [-0.1, -0.05) is 12.1 Å². The van der Waals surface area contributed by atoms with E-state index in [1.165, 1.54) is 18.2 Å². The minimum atomic E-state index is -4.21. The minimum Gasteiger partial charge on any atom is -0.443 e. The van der Waals surface area contributed by atoms with Gasteiger partial charge in [-0.05, 0) is 44.9 Å². The van der Waals surface area contributed by atoms with Crippen molar-refractivity contribution in [2.75, 3.05) is 6.61 Å². The molecule has 1 fully saturated rings. The highest BCUT2D eigenvalue weighted by molar-refractivity contribution is 7.85. The summed E-state index contributed by atoms with van der Waals surface area (Å²) < 4.78 is 47.7. The predicted molar refractivity (Wildman–Crippen MR) is 76.8 cm³/mol. The van der Waals surface area contributed by atoms with Gasteiger partial charge in [-0.3, -0.25) is 4.18 Å². The first-order valence-corrected chi connectivity index (χ1v) is 8.05. The summed E-state index contributed by atoms with van der Waals surface area (Å²) >= 11 is 0. The Balaban J connectivity index is 2.38. The first-order chi connectivity index (χ1) is 10.0. The Hall–Kier alpha value is -1.67. The third-order valence-corrected chi connectivity index (χ3v) is 4.36. The topological polar surface area (TPSA) is 72.9 Å². The van der Waals surface area contributed by atoms with Crippen LogP contribution >= 0.6 is 0 Å². The molecule has 8 heteroatoms. The average Bonchev–Trinajstić information content (AvgIpc) is 2.66. The highest BCUT2D eigenvalue weighted by Crippen LogP contribution is 2.33. The van der Waals surface area contributed by atoms with Gasteiger partial charge < -0.3 is 4.74 Å². The Labute approximate surface area is 129 Å². The van der Waals surface area contributed by atoms with Gasteiger partial charge in [-0.15, -0.1) is 0 Å². The summed E-state index contributed by atoms with van der Waals surface area (Å²) in [5, 5.41) is 0. The van der Waals surface area contributed by atoms with E-state index in [2.05, 4.69) is 0 Å². The summed E-state index contributed by atoms with van der Waals surface area (Å²) in [6, 6.07) is 3.26. The zero-order chi connectivity index (χ0) is 16.7. The van der Waals surface area contributed by atoms with Crippen LogP contribution in [0.25, 0.3) is 0 Å². The molecule has 1 aliphatic heterocycles. The number of carbonyl (C=O) groups excluding carboxylic acids is 1. The van der Waals surface area contributed by atoms with Crippen molar-refractivity contribution in [2.24, 2.45) is 0 Å². The van der Waals surface area contributed by atoms with Crippen molar-refractivity contribution in [2.45, 2.75) is 39.3 Å². The number of benzene rings is 1. The molecule has 1 heterocycles. The smallest absolute Gasteiger partial charge is 0.426 e. The molecule has 0 N–H and O–H groups in total. The largest absolute Gasteiger partial charge is 0.443 e. The van der Waals surface area contributed by atoms with Crippen LogP contribution in [0.3, 0.4) is 0 Å². The third-order valence-electron chi connectivity index (χ3n) is 3.04. The van der Waals surface area contributed by atoms with Crippen molar-refractivity contribution >= 4 is 16.4 Å². The molecule has 122 valence electrons. The third kappa shape index (κ3) is 3.38. The molecular formula is C14H18FNO5S. The van der Waals surface area contributed by atoms with Crippen LogP contribution in [0.15, 0.2) is 18.2 Å². The number of halogens is 1. The summed E-state index contributed by atoms with van der Waals surface area (Å²) in [5.74, 6) is -0.408. The van der Waals surface area contributed by atoms with Crippen LogP contribution in [0.5, 0.6) is 0 Å². The Morgan fingerprint density at radius 2 is 2.05 bits per heavy atom. The number of carbonyl (C=O) groups is 1. The quantitative estimate of drug-likeness (QED) is 0.791. The summed E-state index contributed by atoms with van der Waals surface area (Å²) in [5.41, 5.74) is -0.0323. The van der Waals surface area contributed by atoms with E-state index in [0.29, 0.717) is 15.4 Å². The molecule has 1 aromatic rings. The van der Waals surface area contributed by atoms with Crippen LogP contribution in [0, 0.1) is 12.7 Å². The molecule has 1 aliphatic rings. The number of rotatable bonds is 1. The number of nitrogens with zero attached hydrogens (tertiary/aromatic N) is 1. The molecule has 1 aromatic carbocycles. The second kappa shape index (κ2) is 5.51. The number of aryl methyl sites for hydroxylation is 1. The van der Waals surface area contributed by atoms with Gasteiger partial charge in [0.2, 0.25) is 0 Å². The maximum atomic E-state index is 13.4. The molecule has 0 unspecified atom stereocenters. The molecular weight excluding hydrogens is 313 g/mol. The van der Waals surface area contributed by atoms with Crippen LogP contribution in [0.2, 0.25) is 0 Å². The van der Waals surface area contributed by atoms with Gasteiger partial charge in [0.1, 0.15) is 17.5 Å². The normalized spacial score (nSPS) is 21.0. The molecule has 6 nitrogen and oxygen atoms in total. The summed E-state index contributed by atoms with van der Waals surface area (Å²) in [6.07, 6.45) is -1.02. The molecule has 1 saturated heterocycles. The number of hydrogen-bond acceptors (Lipinski definition) is 5. The highest BCUT2D eigenvalue weighted by Gasteiger charge is 2.45. The molecule has 0 aliphatic carbocycles. The zero-order valence-electron chi connectivity index (χ0n) is 12.8. The highest BCUT2D eigenvalue weighted by atomic mass is 32.2. The van der Waals surface area contributed by atoms with Gasteiger partial charge in [0, 0.05) is 0 Å². The van der Waals surface area contributed by atoms with E-state index in [1.54, 1.807) is 27.7 Å². The van der Waals surface area contributed by atoms with Gasteiger partial charge in [0.05, 0.1) is 6.61 Å². The average molecular weight is 331 g/mol. The van der Waals surface area contributed by atoms with Gasteiger partial charge in [0.15, 0.2) is 0 Å². The molecule has 0 radical (unpaired) electrons. The van der Waals surface area contributed by atoms with Gasteiger partial charge >= 0.3 is 16.4 Å². The molecule has 0 spiro atoms. The Kier molecular flexibility index (Phi) is 4.18. The molecule has 2 rings (SSSR count). The Morgan fingerprint density at radius 1 is 1.41 bits per heavy atom. The predicted octanol–water partition coefficient (Wildman–Crippen LogP) is 2.69. The van der Waals surface area contributed by atoms with Gasteiger partial charge in [-0.25, -0.2) is 9.18 Å². The fourth-order valence-corrected chi connectivity index (χ4v) is 3.19. The maximum absolute atomic E-state index is 13.4. The standard InChI is InChI=1S/C14H18FNO5S/c1-9-7-10(5-6-11(9)15)12-8-20-22(18,19)16(12)13(17)21-14(2,3)4/h5-7,12H,8H2,1-4H3/t12-/m1/s1. The van der Waals surface area contributed by atoms with Crippen molar-refractivity contribution in [3.05, 3.63) is 35.1 Å². The van der Waals surface area contributed by atoms with Crippen molar-refractivity contribution in [1.82, 2.24) is 4.31 Å². The van der Waals surface area contributed by atoms with Crippen LogP contribution in [0.1, 0.15) is 37.9 Å². The van der Waals surface area contributed by atoms with Crippen molar-refractivity contribution in [1.29, 1.82) is 0 Å². The lowest BCUT2D eigenvalue weighted by Gasteiger charge is -2.26. The Morgan fingerprint density at radius 3 is 2.59 bits per heavy atom. The van der Waals surface area contributed by atoms with Crippen LogP contribution in [-0.2, 0) is 19.2 Å². The number of amides is 1. The SMILES string of the molecule is Cc1cc([C@H]2COS(=O)(=O)N2C(=O)OC(C)(C)C)ccc1F. The molecule has 1 amide bonds. The van der Waals surface area contributed by atoms with Crippen LogP contribution < -0.4 is 0 Å². The lowest BCUT2D eigenvalue weighted by molar-refractivity contribution is 0.0356. The zero-order valence-corrected chi connectivity index (χ0v) is 13.6. The van der Waals surface area contributed by atoms with E-state index in [9.17, 15) is 17.6 Å². The molecule has 0 bridgehead atoms. The van der Waals surface area contributed by atoms with Crippen molar-refractivity contribution < 1.29 is 26.5 Å².